The van der Waals surface area contributed by atoms with Crippen molar-refractivity contribution in [2.45, 2.75) is 56.5 Å². The standard InChI is InChI=1S/C20H39N5O/c1-21-19(22-15-18(24(2)3)17-7-8-17)23-16-20(9-5-4-6-10-20)25-11-13-26-14-12-25/h17-18H,4-16H2,1-3H3,(H2,21,22,23). The van der Waals surface area contributed by atoms with Crippen LogP contribution in [0.3, 0.4) is 0 Å². The lowest BCUT2D eigenvalue weighted by Crippen LogP contribution is -2.60. The molecular weight excluding hydrogens is 326 g/mol. The fourth-order valence-corrected chi connectivity index (χ4v) is 4.77. The minimum Gasteiger partial charge on any atom is -0.379 e. The molecule has 2 saturated carbocycles. The number of likely N-dealkylation sites (N-methyl/N-ethyl adjacent to an activating group) is 1. The maximum Gasteiger partial charge on any atom is 0.191 e. The van der Waals surface area contributed by atoms with Crippen molar-refractivity contribution in [2.75, 3.05) is 60.5 Å². The Labute approximate surface area is 159 Å². The van der Waals surface area contributed by atoms with Crippen molar-refractivity contribution in [3.8, 4) is 0 Å². The monoisotopic (exact) mass is 365 g/mol. The molecule has 0 aromatic heterocycles. The summed E-state index contributed by atoms with van der Waals surface area (Å²) in [4.78, 5) is 9.53. The van der Waals surface area contributed by atoms with Crippen LogP contribution in [0.1, 0.15) is 44.9 Å². The van der Waals surface area contributed by atoms with E-state index in [1.807, 2.05) is 7.05 Å². The van der Waals surface area contributed by atoms with E-state index in [9.17, 15) is 0 Å². The number of morpholine rings is 1. The van der Waals surface area contributed by atoms with E-state index in [1.54, 1.807) is 0 Å². The van der Waals surface area contributed by atoms with E-state index in [0.717, 1.165) is 51.3 Å². The Bertz CT molecular complexity index is 449. The predicted molar refractivity (Wildman–Crippen MR) is 108 cm³/mol. The number of hydrogen-bond donors (Lipinski definition) is 2. The third-order valence-electron chi connectivity index (χ3n) is 6.58. The fraction of sp³-hybridized carbons (Fsp3) is 0.950. The molecule has 0 amide bonds. The van der Waals surface area contributed by atoms with Crippen LogP contribution in [-0.4, -0.2) is 87.9 Å². The maximum absolute atomic E-state index is 5.60. The highest BCUT2D eigenvalue weighted by Crippen LogP contribution is 2.35. The number of aliphatic imine (C=N–C) groups is 1. The number of rotatable bonds is 7. The summed E-state index contributed by atoms with van der Waals surface area (Å²) in [6.45, 7) is 5.85. The first kappa shape index (κ1) is 19.9. The molecule has 1 atom stereocenters. The van der Waals surface area contributed by atoms with Crippen molar-refractivity contribution in [1.82, 2.24) is 20.4 Å². The molecule has 1 saturated heterocycles. The van der Waals surface area contributed by atoms with E-state index in [4.69, 9.17) is 4.74 Å². The molecule has 0 aromatic carbocycles. The average Bonchev–Trinajstić information content (AvgIpc) is 3.51. The Kier molecular flexibility index (Phi) is 7.18. The van der Waals surface area contributed by atoms with Gasteiger partial charge in [0.05, 0.1) is 13.2 Å². The van der Waals surface area contributed by atoms with Gasteiger partial charge in [0.25, 0.3) is 0 Å². The Hall–Kier alpha value is -0.850. The minimum atomic E-state index is 0.275. The molecule has 150 valence electrons. The van der Waals surface area contributed by atoms with Gasteiger partial charge in [-0.15, -0.1) is 0 Å². The van der Waals surface area contributed by atoms with Gasteiger partial charge in [0.15, 0.2) is 5.96 Å². The number of nitrogens with zero attached hydrogens (tertiary/aromatic N) is 3. The topological polar surface area (TPSA) is 52.1 Å². The van der Waals surface area contributed by atoms with Gasteiger partial charge in [-0.2, -0.15) is 0 Å². The Morgan fingerprint density at radius 3 is 2.42 bits per heavy atom. The smallest absolute Gasteiger partial charge is 0.191 e. The first-order valence-corrected chi connectivity index (χ1v) is 10.6. The lowest BCUT2D eigenvalue weighted by molar-refractivity contribution is -0.0352. The summed E-state index contributed by atoms with van der Waals surface area (Å²) in [5.74, 6) is 1.81. The molecule has 3 fully saturated rings. The van der Waals surface area contributed by atoms with Crippen LogP contribution in [0.25, 0.3) is 0 Å². The molecule has 3 rings (SSSR count). The fourth-order valence-electron chi connectivity index (χ4n) is 4.77. The largest absolute Gasteiger partial charge is 0.379 e. The molecule has 0 spiro atoms. The first-order valence-electron chi connectivity index (χ1n) is 10.6. The molecule has 1 heterocycles. The molecule has 3 aliphatic rings. The van der Waals surface area contributed by atoms with Crippen LogP contribution in [0.15, 0.2) is 4.99 Å². The van der Waals surface area contributed by atoms with Crippen LogP contribution in [-0.2, 0) is 4.74 Å². The number of guanidine groups is 1. The molecule has 6 nitrogen and oxygen atoms in total. The highest BCUT2D eigenvalue weighted by Gasteiger charge is 2.39. The number of ether oxygens (including phenoxy) is 1. The van der Waals surface area contributed by atoms with Crippen LogP contribution in [0, 0.1) is 5.92 Å². The second kappa shape index (κ2) is 9.38. The van der Waals surface area contributed by atoms with E-state index >= 15 is 0 Å². The van der Waals surface area contributed by atoms with Crippen molar-refractivity contribution < 1.29 is 4.74 Å². The first-order chi connectivity index (χ1) is 12.6. The van der Waals surface area contributed by atoms with Gasteiger partial charge in [-0.05, 0) is 45.7 Å². The molecule has 2 N–H and O–H groups in total. The zero-order valence-corrected chi connectivity index (χ0v) is 17.1. The Balaban J connectivity index is 1.54. The molecule has 2 aliphatic carbocycles. The Morgan fingerprint density at radius 2 is 1.85 bits per heavy atom. The van der Waals surface area contributed by atoms with Gasteiger partial charge in [0, 0.05) is 44.8 Å². The molecule has 0 aromatic rings. The Morgan fingerprint density at radius 1 is 1.15 bits per heavy atom. The summed E-state index contributed by atoms with van der Waals surface area (Å²) >= 11 is 0. The predicted octanol–water partition coefficient (Wildman–Crippen LogP) is 1.53. The third kappa shape index (κ3) is 5.11. The summed E-state index contributed by atoms with van der Waals surface area (Å²) < 4.78 is 5.60. The van der Waals surface area contributed by atoms with Gasteiger partial charge in [0.1, 0.15) is 0 Å². The van der Waals surface area contributed by atoms with Gasteiger partial charge >= 0.3 is 0 Å². The average molecular weight is 366 g/mol. The molecule has 1 aliphatic heterocycles. The second-order valence-corrected chi connectivity index (χ2v) is 8.56. The van der Waals surface area contributed by atoms with Gasteiger partial charge in [0.2, 0.25) is 0 Å². The van der Waals surface area contributed by atoms with E-state index in [1.165, 1.54) is 44.9 Å². The zero-order chi connectivity index (χ0) is 18.4. The van der Waals surface area contributed by atoms with E-state index in [2.05, 4.69) is 39.5 Å². The van der Waals surface area contributed by atoms with Crippen molar-refractivity contribution in [1.29, 1.82) is 0 Å². The lowest BCUT2D eigenvalue weighted by atomic mass is 9.80. The zero-order valence-electron chi connectivity index (χ0n) is 17.1. The van der Waals surface area contributed by atoms with Crippen molar-refractivity contribution >= 4 is 5.96 Å². The number of nitrogens with one attached hydrogen (secondary N) is 2. The molecule has 6 heteroatoms. The number of hydrogen-bond acceptors (Lipinski definition) is 4. The second-order valence-electron chi connectivity index (χ2n) is 8.56. The van der Waals surface area contributed by atoms with Crippen LogP contribution >= 0.6 is 0 Å². The van der Waals surface area contributed by atoms with E-state index in [0.29, 0.717) is 6.04 Å². The van der Waals surface area contributed by atoms with Gasteiger partial charge < -0.3 is 20.3 Å². The van der Waals surface area contributed by atoms with Crippen LogP contribution in [0.5, 0.6) is 0 Å². The quantitative estimate of drug-likeness (QED) is 0.529. The minimum absolute atomic E-state index is 0.275. The van der Waals surface area contributed by atoms with E-state index in [-0.39, 0.29) is 5.54 Å². The van der Waals surface area contributed by atoms with E-state index < -0.39 is 0 Å². The lowest BCUT2D eigenvalue weighted by Gasteiger charge is -2.48. The van der Waals surface area contributed by atoms with Crippen molar-refractivity contribution in [3.05, 3.63) is 0 Å². The van der Waals surface area contributed by atoms with Gasteiger partial charge in [-0.3, -0.25) is 9.89 Å². The van der Waals surface area contributed by atoms with Gasteiger partial charge in [-0.25, -0.2) is 0 Å². The summed E-state index contributed by atoms with van der Waals surface area (Å²) in [7, 11) is 6.27. The normalized spacial score (nSPS) is 25.9. The van der Waals surface area contributed by atoms with Crippen molar-refractivity contribution in [3.63, 3.8) is 0 Å². The summed E-state index contributed by atoms with van der Waals surface area (Å²) in [5.41, 5.74) is 0.275. The SMILES string of the molecule is CN=C(NCC(C1CC1)N(C)C)NCC1(N2CCOCC2)CCCCC1. The van der Waals surface area contributed by atoms with Crippen LogP contribution in [0.2, 0.25) is 0 Å². The van der Waals surface area contributed by atoms with Crippen LogP contribution in [0.4, 0.5) is 0 Å². The highest BCUT2D eigenvalue weighted by molar-refractivity contribution is 5.79. The molecule has 1 unspecified atom stereocenters. The van der Waals surface area contributed by atoms with Crippen LogP contribution < -0.4 is 10.6 Å². The summed E-state index contributed by atoms with van der Waals surface area (Å²) in [6, 6.07) is 0.608. The third-order valence-corrected chi connectivity index (χ3v) is 6.58. The van der Waals surface area contributed by atoms with Crippen molar-refractivity contribution in [2.24, 2.45) is 10.9 Å². The summed E-state index contributed by atoms with van der Waals surface area (Å²) in [6.07, 6.45) is 9.39. The summed E-state index contributed by atoms with van der Waals surface area (Å²) in [5, 5.41) is 7.25. The van der Waals surface area contributed by atoms with Gasteiger partial charge in [-0.1, -0.05) is 19.3 Å². The molecular formula is C20H39N5O. The molecule has 0 radical (unpaired) electrons. The molecule has 0 bridgehead atoms. The molecule has 26 heavy (non-hydrogen) atoms. The maximum atomic E-state index is 5.60. The highest BCUT2D eigenvalue weighted by atomic mass is 16.5.